The second-order valence-corrected chi connectivity index (χ2v) is 6.51. The molecule has 3 rings (SSSR count). The van der Waals surface area contributed by atoms with Crippen LogP contribution in [0.2, 0.25) is 5.02 Å². The number of hydrogen-bond donors (Lipinski definition) is 1. The summed E-state index contributed by atoms with van der Waals surface area (Å²) < 4.78 is 5.60. The quantitative estimate of drug-likeness (QED) is 0.493. The molecule has 0 radical (unpaired) electrons. The number of non-ortho nitro benzene ring substituents is 1. The minimum Gasteiger partial charge on any atom is -0.485 e. The molecule has 1 amide bonds. The molecule has 0 saturated carbocycles. The third-order valence-corrected chi connectivity index (χ3v) is 4.39. The Balaban J connectivity index is 1.68. The molecule has 0 aliphatic carbocycles. The van der Waals surface area contributed by atoms with E-state index in [0.717, 1.165) is 5.01 Å². The summed E-state index contributed by atoms with van der Waals surface area (Å²) >= 11 is 7.66. The van der Waals surface area contributed by atoms with Gasteiger partial charge in [0.05, 0.1) is 9.95 Å². The van der Waals surface area contributed by atoms with Crippen LogP contribution in [-0.2, 0) is 6.61 Å². The zero-order valence-corrected chi connectivity index (χ0v) is 14.8. The highest BCUT2D eigenvalue weighted by Crippen LogP contribution is 2.29. The van der Waals surface area contributed by atoms with Gasteiger partial charge in [0.2, 0.25) is 0 Å². The molecule has 0 spiro atoms. The van der Waals surface area contributed by atoms with E-state index in [1.54, 1.807) is 24.4 Å². The number of nitrogens with zero attached hydrogens (tertiary/aromatic N) is 2. The molecule has 0 bridgehead atoms. The molecule has 1 aromatic heterocycles. The number of nitrogens with one attached hydrogen (secondary N) is 1. The number of nitro groups is 1. The Labute approximate surface area is 157 Å². The lowest BCUT2D eigenvalue weighted by Gasteiger charge is -2.10. The van der Waals surface area contributed by atoms with Crippen LogP contribution in [0.5, 0.6) is 5.75 Å². The SMILES string of the molecule is O=C(Nc1ccc(OCc2nccs2)c(Cl)c1)c1cccc([N+](=O)[O-])c1. The van der Waals surface area contributed by atoms with E-state index < -0.39 is 10.8 Å². The predicted octanol–water partition coefficient (Wildman–Crippen LogP) is 4.54. The molecule has 0 atom stereocenters. The summed E-state index contributed by atoms with van der Waals surface area (Å²) in [7, 11) is 0. The van der Waals surface area contributed by atoms with E-state index >= 15 is 0 Å². The van der Waals surface area contributed by atoms with Gasteiger partial charge in [0.25, 0.3) is 11.6 Å². The summed E-state index contributed by atoms with van der Waals surface area (Å²) in [5.74, 6) is -0.00330. The number of benzene rings is 2. The minimum atomic E-state index is -0.553. The zero-order chi connectivity index (χ0) is 18.5. The van der Waals surface area contributed by atoms with Crippen LogP contribution in [0.1, 0.15) is 15.4 Å². The molecule has 0 saturated heterocycles. The van der Waals surface area contributed by atoms with Crippen molar-refractivity contribution in [2.45, 2.75) is 6.61 Å². The normalized spacial score (nSPS) is 10.3. The maximum atomic E-state index is 12.3. The average Bonchev–Trinajstić information content (AvgIpc) is 3.14. The second kappa shape index (κ2) is 7.94. The number of ether oxygens (including phenoxy) is 1. The van der Waals surface area contributed by atoms with E-state index in [0.29, 0.717) is 23.1 Å². The van der Waals surface area contributed by atoms with Crippen LogP contribution in [0.4, 0.5) is 11.4 Å². The van der Waals surface area contributed by atoms with Crippen molar-refractivity contribution in [3.05, 3.63) is 79.7 Å². The number of anilines is 1. The summed E-state index contributed by atoms with van der Waals surface area (Å²) in [5.41, 5.74) is 0.481. The molecule has 7 nitrogen and oxygen atoms in total. The first kappa shape index (κ1) is 17.8. The van der Waals surface area contributed by atoms with Crippen LogP contribution in [-0.4, -0.2) is 15.8 Å². The van der Waals surface area contributed by atoms with E-state index in [9.17, 15) is 14.9 Å². The largest absolute Gasteiger partial charge is 0.485 e. The fraction of sp³-hybridized carbons (Fsp3) is 0.0588. The first-order valence-electron chi connectivity index (χ1n) is 7.39. The first-order chi connectivity index (χ1) is 12.5. The first-order valence-corrected chi connectivity index (χ1v) is 8.65. The molecule has 132 valence electrons. The van der Waals surface area contributed by atoms with Gasteiger partial charge in [0.1, 0.15) is 17.4 Å². The monoisotopic (exact) mass is 389 g/mol. The lowest BCUT2D eigenvalue weighted by atomic mass is 10.2. The summed E-state index contributed by atoms with van der Waals surface area (Å²) in [4.78, 5) is 26.6. The molecule has 9 heteroatoms. The van der Waals surface area contributed by atoms with Gasteiger partial charge in [-0.3, -0.25) is 14.9 Å². The number of halogens is 1. The highest BCUT2D eigenvalue weighted by atomic mass is 35.5. The van der Waals surface area contributed by atoms with Gasteiger partial charge < -0.3 is 10.1 Å². The third kappa shape index (κ3) is 4.35. The van der Waals surface area contributed by atoms with Crippen molar-refractivity contribution in [1.29, 1.82) is 0 Å². The van der Waals surface area contributed by atoms with E-state index in [4.69, 9.17) is 16.3 Å². The van der Waals surface area contributed by atoms with Crippen molar-refractivity contribution in [3.63, 3.8) is 0 Å². The van der Waals surface area contributed by atoms with Gasteiger partial charge in [-0.2, -0.15) is 0 Å². The molecule has 1 heterocycles. The number of hydrogen-bond acceptors (Lipinski definition) is 6. The molecule has 0 fully saturated rings. The van der Waals surface area contributed by atoms with Gasteiger partial charge >= 0.3 is 0 Å². The number of aromatic nitrogens is 1. The highest BCUT2D eigenvalue weighted by Gasteiger charge is 2.12. The van der Waals surface area contributed by atoms with Gasteiger partial charge in [-0.25, -0.2) is 4.98 Å². The van der Waals surface area contributed by atoms with Gasteiger partial charge in [-0.05, 0) is 24.3 Å². The topological polar surface area (TPSA) is 94.4 Å². The Bertz CT molecular complexity index is 947. The number of nitro benzene ring substituents is 1. The van der Waals surface area contributed by atoms with E-state index in [2.05, 4.69) is 10.3 Å². The zero-order valence-electron chi connectivity index (χ0n) is 13.2. The molecule has 0 aliphatic rings. The summed E-state index contributed by atoms with van der Waals surface area (Å²) in [6.07, 6.45) is 1.69. The fourth-order valence-electron chi connectivity index (χ4n) is 2.12. The molecule has 1 N–H and O–H groups in total. The Hall–Kier alpha value is -2.97. The fourth-order valence-corrected chi connectivity index (χ4v) is 2.89. The Morgan fingerprint density at radius 2 is 2.15 bits per heavy atom. The van der Waals surface area contributed by atoms with Gasteiger partial charge in [0.15, 0.2) is 0 Å². The number of amides is 1. The van der Waals surface area contributed by atoms with Crippen molar-refractivity contribution >= 4 is 40.2 Å². The molecule has 3 aromatic rings. The van der Waals surface area contributed by atoms with Gasteiger partial charge in [-0.15, -0.1) is 11.3 Å². The number of thiazole rings is 1. The van der Waals surface area contributed by atoms with E-state index in [-0.39, 0.29) is 11.3 Å². The summed E-state index contributed by atoms with van der Waals surface area (Å²) in [5, 5.41) is 16.5. The molecular weight excluding hydrogens is 378 g/mol. The predicted molar refractivity (Wildman–Crippen MR) is 98.9 cm³/mol. The molecular formula is C17H12ClN3O4S. The summed E-state index contributed by atoms with van der Waals surface area (Å²) in [6.45, 7) is 0.302. The second-order valence-electron chi connectivity index (χ2n) is 5.12. The smallest absolute Gasteiger partial charge is 0.270 e. The number of carbonyl (C=O) groups excluding carboxylic acids is 1. The van der Waals surface area contributed by atoms with Crippen molar-refractivity contribution in [1.82, 2.24) is 4.98 Å². The highest BCUT2D eigenvalue weighted by molar-refractivity contribution is 7.09. The Kier molecular flexibility index (Phi) is 5.45. The van der Waals surface area contributed by atoms with Crippen molar-refractivity contribution in [3.8, 4) is 5.75 Å². The third-order valence-electron chi connectivity index (χ3n) is 3.34. The van der Waals surface area contributed by atoms with Crippen molar-refractivity contribution in [2.75, 3.05) is 5.32 Å². The van der Waals surface area contributed by atoms with Crippen molar-refractivity contribution in [2.24, 2.45) is 0 Å². The molecule has 0 unspecified atom stereocenters. The number of carbonyl (C=O) groups is 1. The van der Waals surface area contributed by atoms with Crippen molar-refractivity contribution < 1.29 is 14.5 Å². The lowest BCUT2D eigenvalue weighted by Crippen LogP contribution is -2.12. The molecule has 26 heavy (non-hydrogen) atoms. The molecule has 2 aromatic carbocycles. The Morgan fingerprint density at radius 3 is 2.85 bits per heavy atom. The maximum absolute atomic E-state index is 12.3. The average molecular weight is 390 g/mol. The van der Waals surface area contributed by atoms with Gasteiger partial charge in [0, 0.05) is 35.0 Å². The van der Waals surface area contributed by atoms with Crippen LogP contribution in [0.25, 0.3) is 0 Å². The van der Waals surface area contributed by atoms with E-state index in [1.165, 1.54) is 35.6 Å². The van der Waals surface area contributed by atoms with E-state index in [1.807, 2.05) is 5.38 Å². The lowest BCUT2D eigenvalue weighted by molar-refractivity contribution is -0.384. The van der Waals surface area contributed by atoms with Crippen LogP contribution < -0.4 is 10.1 Å². The minimum absolute atomic E-state index is 0.151. The van der Waals surface area contributed by atoms with Crippen LogP contribution in [0, 0.1) is 10.1 Å². The number of rotatable bonds is 6. The van der Waals surface area contributed by atoms with Crippen LogP contribution in [0.15, 0.2) is 54.0 Å². The summed E-state index contributed by atoms with van der Waals surface area (Å²) in [6, 6.07) is 10.3. The van der Waals surface area contributed by atoms with Crippen LogP contribution in [0.3, 0.4) is 0 Å². The Morgan fingerprint density at radius 1 is 1.31 bits per heavy atom. The standard InChI is InChI=1S/C17H12ClN3O4S/c18-14-9-12(4-5-15(14)25-10-16-19-6-7-26-16)20-17(22)11-2-1-3-13(8-11)21(23)24/h1-9H,10H2,(H,20,22). The van der Waals surface area contributed by atoms with Gasteiger partial charge in [-0.1, -0.05) is 17.7 Å². The maximum Gasteiger partial charge on any atom is 0.270 e. The molecule has 0 aliphatic heterocycles. The van der Waals surface area contributed by atoms with Crippen LogP contribution >= 0.6 is 22.9 Å².